The number of methoxy groups -OCH3 is 2. The molecule has 1 N–H and O–H groups in total. The Morgan fingerprint density at radius 3 is 2.24 bits per heavy atom. The summed E-state index contributed by atoms with van der Waals surface area (Å²) >= 11 is 3.34. The van der Waals surface area contributed by atoms with E-state index in [0.29, 0.717) is 28.5 Å². The Labute approximate surface area is 207 Å². The van der Waals surface area contributed by atoms with Gasteiger partial charge in [-0.3, -0.25) is 9.10 Å². The molecule has 0 bridgehead atoms. The van der Waals surface area contributed by atoms with Gasteiger partial charge in [-0.1, -0.05) is 34.1 Å². The normalized spacial score (nSPS) is 11.6. The van der Waals surface area contributed by atoms with Crippen LogP contribution in [-0.4, -0.2) is 40.8 Å². The maximum atomic E-state index is 13.3. The largest absolute Gasteiger partial charge is 0.493 e. The molecule has 0 fully saturated rings. The molecule has 0 heterocycles. The van der Waals surface area contributed by atoms with Gasteiger partial charge in [0.15, 0.2) is 11.5 Å². The number of sulfonamides is 1. The lowest BCUT2D eigenvalue weighted by Gasteiger charge is -2.23. The van der Waals surface area contributed by atoms with Crippen molar-refractivity contribution in [1.29, 1.82) is 0 Å². The lowest BCUT2D eigenvalue weighted by molar-refractivity contribution is -0.119. The Balaban J connectivity index is 1.84. The molecule has 3 aromatic rings. The summed E-state index contributed by atoms with van der Waals surface area (Å²) in [5.41, 5.74) is 4.01. The Hall–Kier alpha value is -3.37. The molecule has 0 saturated heterocycles. The summed E-state index contributed by atoms with van der Waals surface area (Å²) in [5, 5.41) is 4.13. The molecule has 0 aliphatic rings. The summed E-state index contributed by atoms with van der Waals surface area (Å²) in [4.78, 5) is 12.8. The molecule has 3 rings (SSSR count). The van der Waals surface area contributed by atoms with Crippen molar-refractivity contribution in [3.63, 3.8) is 0 Å². The number of carbonyl (C=O) groups is 1. The quantitative estimate of drug-likeness (QED) is 0.321. The van der Waals surface area contributed by atoms with Crippen molar-refractivity contribution in [1.82, 2.24) is 5.43 Å². The number of halogens is 1. The fraction of sp³-hybridized carbons (Fsp3) is 0.167. The molecule has 8 nitrogen and oxygen atoms in total. The minimum absolute atomic E-state index is 0.0794. The molecular formula is C24H24BrN3O5S. The lowest BCUT2D eigenvalue weighted by Crippen LogP contribution is -2.39. The second-order valence-electron chi connectivity index (χ2n) is 7.10. The number of amides is 1. The Morgan fingerprint density at radius 2 is 1.62 bits per heavy atom. The zero-order chi connectivity index (χ0) is 24.7. The van der Waals surface area contributed by atoms with E-state index in [2.05, 4.69) is 26.5 Å². The second kappa shape index (κ2) is 11.2. The number of hydrogen-bond acceptors (Lipinski definition) is 6. The summed E-state index contributed by atoms with van der Waals surface area (Å²) in [6, 6.07) is 19.9. The third kappa shape index (κ3) is 5.95. The maximum absolute atomic E-state index is 13.3. The summed E-state index contributed by atoms with van der Waals surface area (Å²) in [5.74, 6) is 0.498. The van der Waals surface area contributed by atoms with Gasteiger partial charge < -0.3 is 9.47 Å². The van der Waals surface area contributed by atoms with Crippen LogP contribution >= 0.6 is 15.9 Å². The van der Waals surface area contributed by atoms with Crippen molar-refractivity contribution in [2.75, 3.05) is 25.1 Å². The molecule has 0 aliphatic heterocycles. The first-order valence-electron chi connectivity index (χ1n) is 10.1. The molecule has 0 atom stereocenters. The molecule has 3 aromatic carbocycles. The van der Waals surface area contributed by atoms with Crippen LogP contribution in [0.3, 0.4) is 0 Å². The molecule has 178 valence electrons. The average Bonchev–Trinajstić information content (AvgIpc) is 2.86. The van der Waals surface area contributed by atoms with Gasteiger partial charge in [0, 0.05) is 10.0 Å². The van der Waals surface area contributed by atoms with Crippen LogP contribution in [0.5, 0.6) is 11.5 Å². The van der Waals surface area contributed by atoms with E-state index in [4.69, 9.17) is 9.47 Å². The zero-order valence-corrected chi connectivity index (χ0v) is 21.3. The van der Waals surface area contributed by atoms with Crippen molar-refractivity contribution in [3.05, 3.63) is 82.8 Å². The second-order valence-corrected chi connectivity index (χ2v) is 9.88. The molecule has 1 amide bonds. The molecule has 0 saturated carbocycles. The molecule has 0 spiro atoms. The third-order valence-electron chi connectivity index (χ3n) is 4.88. The Kier molecular flexibility index (Phi) is 8.30. The third-order valence-corrected chi connectivity index (χ3v) is 7.20. The van der Waals surface area contributed by atoms with Gasteiger partial charge in [-0.05, 0) is 61.5 Å². The van der Waals surface area contributed by atoms with E-state index in [1.54, 1.807) is 74.7 Å². The number of benzene rings is 3. The van der Waals surface area contributed by atoms with Crippen LogP contribution in [0.4, 0.5) is 5.69 Å². The van der Waals surface area contributed by atoms with Gasteiger partial charge in [0.2, 0.25) is 0 Å². The maximum Gasteiger partial charge on any atom is 0.264 e. The highest BCUT2D eigenvalue weighted by Gasteiger charge is 2.27. The minimum Gasteiger partial charge on any atom is -0.493 e. The molecule has 0 unspecified atom stereocenters. The Morgan fingerprint density at radius 1 is 0.971 bits per heavy atom. The van der Waals surface area contributed by atoms with Gasteiger partial charge in [-0.2, -0.15) is 5.10 Å². The van der Waals surface area contributed by atoms with Crippen molar-refractivity contribution in [3.8, 4) is 11.5 Å². The summed E-state index contributed by atoms with van der Waals surface area (Å²) in [6.07, 6.45) is 0. The minimum atomic E-state index is -3.99. The van der Waals surface area contributed by atoms with E-state index in [1.165, 1.54) is 19.2 Å². The van der Waals surface area contributed by atoms with Gasteiger partial charge in [0.1, 0.15) is 6.54 Å². The van der Waals surface area contributed by atoms with E-state index in [-0.39, 0.29) is 4.90 Å². The topological polar surface area (TPSA) is 97.3 Å². The SMILES string of the molecule is COc1ccc(/C(C)=N\NC(=O)CN(c2ccc(Br)cc2)S(=O)(=O)c2ccccc2)cc1OC. The van der Waals surface area contributed by atoms with Crippen molar-refractivity contribution in [2.45, 2.75) is 11.8 Å². The highest BCUT2D eigenvalue weighted by Crippen LogP contribution is 2.28. The first-order valence-corrected chi connectivity index (χ1v) is 12.4. The smallest absolute Gasteiger partial charge is 0.264 e. The summed E-state index contributed by atoms with van der Waals surface area (Å²) < 4.78 is 39.0. The average molecular weight is 546 g/mol. The predicted molar refractivity (Wildman–Crippen MR) is 135 cm³/mol. The molecule has 0 aromatic heterocycles. The lowest BCUT2D eigenvalue weighted by atomic mass is 10.1. The number of rotatable bonds is 9. The van der Waals surface area contributed by atoms with Crippen LogP contribution in [-0.2, 0) is 14.8 Å². The number of carbonyl (C=O) groups excluding carboxylic acids is 1. The molecule has 34 heavy (non-hydrogen) atoms. The number of anilines is 1. The Bertz CT molecular complexity index is 1280. The van der Waals surface area contributed by atoms with Crippen molar-refractivity contribution < 1.29 is 22.7 Å². The van der Waals surface area contributed by atoms with E-state index < -0.39 is 22.5 Å². The fourth-order valence-corrected chi connectivity index (χ4v) is 4.79. The van der Waals surface area contributed by atoms with Gasteiger partial charge in [0.05, 0.1) is 30.5 Å². The molecular weight excluding hydrogens is 522 g/mol. The van der Waals surface area contributed by atoms with Gasteiger partial charge in [-0.15, -0.1) is 0 Å². The number of nitrogens with one attached hydrogen (secondary N) is 1. The van der Waals surface area contributed by atoms with Crippen LogP contribution in [0.25, 0.3) is 0 Å². The summed E-state index contributed by atoms with van der Waals surface area (Å²) in [6.45, 7) is 1.26. The summed E-state index contributed by atoms with van der Waals surface area (Å²) in [7, 11) is -0.923. The van der Waals surface area contributed by atoms with Crippen LogP contribution in [0.15, 0.2) is 87.3 Å². The standard InChI is InChI=1S/C24H24BrN3O5S/c1-17(18-9-14-22(32-2)23(15-18)33-3)26-27-24(29)16-28(20-12-10-19(25)11-13-20)34(30,31)21-7-5-4-6-8-21/h4-15H,16H2,1-3H3,(H,27,29)/b26-17-. The first-order chi connectivity index (χ1) is 16.3. The number of ether oxygens (including phenoxy) is 2. The van der Waals surface area contributed by atoms with Crippen LogP contribution < -0.4 is 19.2 Å². The number of hydrazone groups is 1. The van der Waals surface area contributed by atoms with E-state index in [1.807, 2.05) is 0 Å². The van der Waals surface area contributed by atoms with Crippen LogP contribution in [0.2, 0.25) is 0 Å². The fourth-order valence-electron chi connectivity index (χ4n) is 3.08. The number of nitrogens with zero attached hydrogens (tertiary/aromatic N) is 2. The van der Waals surface area contributed by atoms with Crippen molar-refractivity contribution in [2.24, 2.45) is 5.10 Å². The zero-order valence-electron chi connectivity index (χ0n) is 18.9. The van der Waals surface area contributed by atoms with E-state index in [0.717, 1.165) is 8.78 Å². The van der Waals surface area contributed by atoms with Crippen LogP contribution in [0.1, 0.15) is 12.5 Å². The first kappa shape index (κ1) is 25.3. The molecule has 0 aliphatic carbocycles. The molecule has 0 radical (unpaired) electrons. The van der Waals surface area contributed by atoms with Crippen LogP contribution in [0, 0.1) is 0 Å². The van der Waals surface area contributed by atoms with Crippen molar-refractivity contribution >= 4 is 43.3 Å². The van der Waals surface area contributed by atoms with Gasteiger partial charge in [0.25, 0.3) is 15.9 Å². The number of hydrogen-bond donors (Lipinski definition) is 1. The monoisotopic (exact) mass is 545 g/mol. The van der Waals surface area contributed by atoms with E-state index in [9.17, 15) is 13.2 Å². The van der Waals surface area contributed by atoms with Gasteiger partial charge >= 0.3 is 0 Å². The molecule has 10 heteroatoms. The highest BCUT2D eigenvalue weighted by atomic mass is 79.9. The predicted octanol–water partition coefficient (Wildman–Crippen LogP) is 4.20. The highest BCUT2D eigenvalue weighted by molar-refractivity contribution is 9.10. The van der Waals surface area contributed by atoms with E-state index >= 15 is 0 Å². The van der Waals surface area contributed by atoms with Gasteiger partial charge in [-0.25, -0.2) is 13.8 Å².